The van der Waals surface area contributed by atoms with Crippen LogP contribution >= 0.6 is 0 Å². The Kier molecular flexibility index (Phi) is 3.52. The summed E-state index contributed by atoms with van der Waals surface area (Å²) in [5.74, 6) is -0.581. The van der Waals surface area contributed by atoms with Crippen LogP contribution in [0, 0.1) is 5.41 Å². The van der Waals surface area contributed by atoms with Crippen molar-refractivity contribution in [3.63, 3.8) is 0 Å². The summed E-state index contributed by atoms with van der Waals surface area (Å²) < 4.78 is 0. The first-order valence-corrected chi connectivity index (χ1v) is 6.03. The van der Waals surface area contributed by atoms with Crippen LogP contribution in [0.1, 0.15) is 13.8 Å². The Morgan fingerprint density at radius 3 is 2.35 bits per heavy atom. The number of phenols is 1. The molecule has 0 heterocycles. The number of rotatable bonds is 2. The molecule has 0 radical (unpaired) electrons. The van der Waals surface area contributed by atoms with Crippen LogP contribution in [0.4, 0.5) is 5.69 Å². The number of benzene rings is 1. The Morgan fingerprint density at radius 1 is 1.20 bits per heavy atom. The van der Waals surface area contributed by atoms with Crippen molar-refractivity contribution in [2.45, 2.75) is 13.8 Å². The Morgan fingerprint density at radius 2 is 1.80 bits per heavy atom. The number of carbonyl (C=O) groups excluding carboxylic acids is 2. The highest BCUT2D eigenvalue weighted by Crippen LogP contribution is 2.25. The second kappa shape index (κ2) is 5.13. The van der Waals surface area contributed by atoms with Gasteiger partial charge in [-0.15, -0.1) is 0 Å². The predicted octanol–water partition coefficient (Wildman–Crippen LogP) is 2.18. The van der Waals surface area contributed by atoms with Crippen LogP contribution < -0.4 is 4.90 Å². The van der Waals surface area contributed by atoms with Crippen molar-refractivity contribution in [2.75, 3.05) is 4.90 Å². The molecule has 20 heavy (non-hydrogen) atoms. The number of carbonyl (C=O) groups is 2. The molecule has 5 nitrogen and oxygen atoms in total. The molecular weight excluding hydrogens is 256 g/mol. The minimum Gasteiger partial charge on any atom is -0.508 e. The number of hydrogen-bond donors (Lipinski definition) is 2. The molecule has 0 atom stereocenters. The van der Waals surface area contributed by atoms with Gasteiger partial charge >= 0.3 is 0 Å². The molecule has 0 aromatic heterocycles. The van der Waals surface area contributed by atoms with Crippen molar-refractivity contribution in [3.8, 4) is 5.75 Å². The third kappa shape index (κ3) is 2.51. The van der Waals surface area contributed by atoms with Gasteiger partial charge < -0.3 is 10.5 Å². The number of nitrogens with one attached hydrogen (secondary N) is 1. The fourth-order valence-corrected chi connectivity index (χ4v) is 1.94. The van der Waals surface area contributed by atoms with Crippen LogP contribution in [-0.4, -0.2) is 22.5 Å². The maximum Gasteiger partial charge on any atom is 0.228 e. The summed E-state index contributed by atoms with van der Waals surface area (Å²) in [5, 5.41) is 17.1. The third-order valence-electron chi connectivity index (χ3n) is 2.97. The molecule has 2 rings (SSSR count). The largest absolute Gasteiger partial charge is 0.508 e. The van der Waals surface area contributed by atoms with E-state index in [-0.39, 0.29) is 28.8 Å². The minimum absolute atomic E-state index is 0.0738. The van der Waals surface area contributed by atoms with Crippen molar-refractivity contribution >= 4 is 23.1 Å². The monoisotopic (exact) mass is 270 g/mol. The average Bonchev–Trinajstić information content (AvgIpc) is 2.38. The van der Waals surface area contributed by atoms with Gasteiger partial charge in [-0.3, -0.25) is 14.5 Å². The lowest BCUT2D eigenvalue weighted by atomic mass is 10.0. The lowest BCUT2D eigenvalue weighted by molar-refractivity contribution is -0.118. The molecule has 5 heteroatoms. The highest BCUT2D eigenvalue weighted by Gasteiger charge is 2.25. The zero-order chi connectivity index (χ0) is 14.9. The van der Waals surface area contributed by atoms with Gasteiger partial charge in [0.2, 0.25) is 11.7 Å². The van der Waals surface area contributed by atoms with Gasteiger partial charge in [0.1, 0.15) is 5.75 Å². The number of ketones is 1. The standard InChI is InChI=1S/C15H14N2O3/c1-9-7-15(20)14(8-13(9)16)17(10(2)18)11-3-5-12(19)6-4-11/h3-8,16,19H,1-2H3. The van der Waals surface area contributed by atoms with E-state index >= 15 is 0 Å². The van der Waals surface area contributed by atoms with Crippen LogP contribution in [0.3, 0.4) is 0 Å². The van der Waals surface area contributed by atoms with E-state index in [0.29, 0.717) is 11.3 Å². The van der Waals surface area contributed by atoms with Crippen molar-refractivity contribution < 1.29 is 14.7 Å². The molecule has 0 spiro atoms. The Labute approximate surface area is 116 Å². The number of nitrogens with zero attached hydrogens (tertiary/aromatic N) is 1. The third-order valence-corrected chi connectivity index (χ3v) is 2.97. The molecule has 0 unspecified atom stereocenters. The molecule has 0 saturated heterocycles. The van der Waals surface area contributed by atoms with Gasteiger partial charge in [-0.2, -0.15) is 0 Å². The van der Waals surface area contributed by atoms with E-state index in [1.807, 2.05) is 0 Å². The molecule has 0 aliphatic heterocycles. The van der Waals surface area contributed by atoms with Gasteiger partial charge in [-0.25, -0.2) is 0 Å². The van der Waals surface area contributed by atoms with E-state index in [2.05, 4.69) is 0 Å². The first-order valence-electron chi connectivity index (χ1n) is 6.03. The molecule has 0 bridgehead atoms. The van der Waals surface area contributed by atoms with Crippen LogP contribution in [0.2, 0.25) is 0 Å². The molecule has 2 N–H and O–H groups in total. The van der Waals surface area contributed by atoms with Gasteiger partial charge in [-0.1, -0.05) is 0 Å². The van der Waals surface area contributed by atoms with Crippen molar-refractivity contribution in [3.05, 3.63) is 47.7 Å². The molecule has 0 saturated carbocycles. The maximum absolute atomic E-state index is 12.1. The van der Waals surface area contributed by atoms with Crippen molar-refractivity contribution in [1.82, 2.24) is 0 Å². The molecule has 102 valence electrons. The van der Waals surface area contributed by atoms with E-state index in [1.165, 1.54) is 36.1 Å². The second-order valence-corrected chi connectivity index (χ2v) is 4.51. The Hall–Kier alpha value is -2.69. The molecule has 1 aromatic rings. The Balaban J connectivity index is 2.48. The molecule has 0 fully saturated rings. The number of amides is 1. The summed E-state index contributed by atoms with van der Waals surface area (Å²) in [6, 6.07) is 5.95. The molecular formula is C15H14N2O3. The smallest absolute Gasteiger partial charge is 0.228 e. The van der Waals surface area contributed by atoms with Gasteiger partial charge in [0, 0.05) is 12.6 Å². The fraction of sp³-hybridized carbons (Fsp3) is 0.133. The van der Waals surface area contributed by atoms with Crippen LogP contribution in [0.5, 0.6) is 5.75 Å². The predicted molar refractivity (Wildman–Crippen MR) is 75.8 cm³/mol. The van der Waals surface area contributed by atoms with Gasteiger partial charge in [-0.05, 0) is 48.9 Å². The van der Waals surface area contributed by atoms with Gasteiger partial charge in [0.05, 0.1) is 11.4 Å². The summed E-state index contributed by atoms with van der Waals surface area (Å²) in [6.45, 7) is 3.02. The zero-order valence-corrected chi connectivity index (χ0v) is 11.2. The topological polar surface area (TPSA) is 81.5 Å². The number of allylic oxidation sites excluding steroid dienone is 3. The van der Waals surface area contributed by atoms with Crippen LogP contribution in [0.25, 0.3) is 0 Å². The summed E-state index contributed by atoms with van der Waals surface area (Å²) in [7, 11) is 0. The molecule has 1 aliphatic rings. The number of anilines is 1. The number of phenolic OH excluding ortho intramolecular Hbond substituents is 1. The number of aromatic hydroxyl groups is 1. The van der Waals surface area contributed by atoms with E-state index in [4.69, 9.17) is 5.41 Å². The van der Waals surface area contributed by atoms with Crippen molar-refractivity contribution in [2.24, 2.45) is 0 Å². The van der Waals surface area contributed by atoms with Crippen LogP contribution in [0.15, 0.2) is 47.7 Å². The molecule has 1 amide bonds. The second-order valence-electron chi connectivity index (χ2n) is 4.51. The van der Waals surface area contributed by atoms with Crippen molar-refractivity contribution in [1.29, 1.82) is 5.41 Å². The zero-order valence-electron chi connectivity index (χ0n) is 11.2. The van der Waals surface area contributed by atoms with E-state index in [9.17, 15) is 14.7 Å². The van der Waals surface area contributed by atoms with Gasteiger partial charge in [0.15, 0.2) is 0 Å². The summed E-state index contributed by atoms with van der Waals surface area (Å²) >= 11 is 0. The first kappa shape index (κ1) is 13.7. The summed E-state index contributed by atoms with van der Waals surface area (Å²) in [4.78, 5) is 25.1. The molecule has 1 aliphatic carbocycles. The fourth-order valence-electron chi connectivity index (χ4n) is 1.94. The highest BCUT2D eigenvalue weighted by molar-refractivity contribution is 6.24. The average molecular weight is 270 g/mol. The Bertz CT molecular complexity index is 654. The SMILES string of the molecule is CC(=O)N(C1=CC(=N)C(C)=CC1=O)c1ccc(O)cc1. The normalized spacial score (nSPS) is 14.7. The lowest BCUT2D eigenvalue weighted by Gasteiger charge is -2.24. The summed E-state index contributed by atoms with van der Waals surface area (Å²) in [6.07, 6.45) is 2.72. The van der Waals surface area contributed by atoms with Gasteiger partial charge in [0.25, 0.3) is 0 Å². The quantitative estimate of drug-likeness (QED) is 0.808. The summed E-state index contributed by atoms with van der Waals surface area (Å²) in [5.41, 5.74) is 1.37. The van der Waals surface area contributed by atoms with Crippen LogP contribution in [-0.2, 0) is 9.59 Å². The number of hydrogen-bond acceptors (Lipinski definition) is 4. The van der Waals surface area contributed by atoms with E-state index < -0.39 is 0 Å². The lowest BCUT2D eigenvalue weighted by Crippen LogP contribution is -2.33. The van der Waals surface area contributed by atoms with E-state index in [1.54, 1.807) is 19.1 Å². The highest BCUT2D eigenvalue weighted by atomic mass is 16.3. The minimum atomic E-state index is -0.337. The molecule has 1 aromatic carbocycles. The van der Waals surface area contributed by atoms with E-state index in [0.717, 1.165) is 0 Å². The maximum atomic E-state index is 12.1. The first-order chi connectivity index (χ1) is 9.40.